The second-order valence-electron chi connectivity index (χ2n) is 4.99. The van der Waals surface area contributed by atoms with Crippen LogP contribution < -0.4 is 0 Å². The van der Waals surface area contributed by atoms with Gasteiger partial charge in [-0.05, 0) is 48.2 Å². The molecule has 1 aliphatic rings. The molecule has 0 atom stereocenters. The molecule has 2 aromatic rings. The number of ether oxygens (including phenoxy) is 1. The molecule has 0 aromatic heterocycles. The van der Waals surface area contributed by atoms with Crippen LogP contribution in [0.4, 0.5) is 4.39 Å². The van der Waals surface area contributed by atoms with Crippen molar-refractivity contribution in [2.75, 3.05) is 7.11 Å². The maximum atomic E-state index is 13.4. The smallest absolute Gasteiger partial charge is 0.337 e. The lowest BCUT2D eigenvalue weighted by molar-refractivity contribution is 0.0600. The van der Waals surface area contributed by atoms with E-state index in [1.54, 1.807) is 18.2 Å². The quantitative estimate of drug-likeness (QED) is 0.756. The summed E-state index contributed by atoms with van der Waals surface area (Å²) in [6, 6.07) is 9.22. The second kappa shape index (κ2) is 5.13. The number of methoxy groups -OCH3 is 1. The summed E-state index contributed by atoms with van der Waals surface area (Å²) < 4.78 is 18.1. The molecule has 3 nitrogen and oxygen atoms in total. The zero-order chi connectivity index (χ0) is 15.0. The molecule has 0 heterocycles. The predicted molar refractivity (Wildman–Crippen MR) is 75.0 cm³/mol. The normalized spacial score (nSPS) is 13.1. The molecule has 0 N–H and O–H groups in total. The van der Waals surface area contributed by atoms with E-state index in [9.17, 15) is 14.0 Å². The molecule has 0 unspecified atom stereocenters. The molecule has 106 valence electrons. The second-order valence-corrected chi connectivity index (χ2v) is 4.99. The van der Waals surface area contributed by atoms with E-state index in [0.717, 1.165) is 11.1 Å². The summed E-state index contributed by atoms with van der Waals surface area (Å²) in [6.07, 6.45) is 1.35. The summed E-state index contributed by atoms with van der Waals surface area (Å²) in [6.45, 7) is 0. The van der Waals surface area contributed by atoms with Gasteiger partial charge in [-0.2, -0.15) is 0 Å². The Morgan fingerprint density at radius 2 is 1.67 bits per heavy atom. The van der Waals surface area contributed by atoms with E-state index in [2.05, 4.69) is 4.74 Å². The number of aryl methyl sites for hydroxylation is 2. The van der Waals surface area contributed by atoms with Gasteiger partial charge >= 0.3 is 5.97 Å². The van der Waals surface area contributed by atoms with Crippen LogP contribution >= 0.6 is 0 Å². The molecular formula is C17H13FO3. The molecule has 0 amide bonds. The molecule has 0 radical (unpaired) electrons. The van der Waals surface area contributed by atoms with Gasteiger partial charge in [0, 0.05) is 11.1 Å². The van der Waals surface area contributed by atoms with E-state index in [-0.39, 0.29) is 5.78 Å². The first-order valence-electron chi connectivity index (χ1n) is 6.64. The third-order valence-electron chi connectivity index (χ3n) is 3.76. The van der Waals surface area contributed by atoms with Crippen molar-refractivity contribution < 1.29 is 18.7 Å². The number of hydrogen-bond acceptors (Lipinski definition) is 3. The van der Waals surface area contributed by atoms with E-state index in [1.807, 2.05) is 0 Å². The highest BCUT2D eigenvalue weighted by Gasteiger charge is 2.23. The van der Waals surface area contributed by atoms with Gasteiger partial charge in [-0.15, -0.1) is 0 Å². The average Bonchev–Trinajstić information content (AvgIpc) is 2.64. The number of rotatable bonds is 1. The Labute approximate surface area is 121 Å². The number of carbonyl (C=O) groups is 2. The predicted octanol–water partition coefficient (Wildman–Crippen LogP) is 2.94. The molecule has 1 aliphatic carbocycles. The van der Waals surface area contributed by atoms with Gasteiger partial charge in [-0.1, -0.05) is 12.1 Å². The largest absolute Gasteiger partial charge is 0.465 e. The van der Waals surface area contributed by atoms with E-state index in [4.69, 9.17) is 0 Å². The SMILES string of the molecule is COC(=O)c1ccc2c(c1)C(=O)c1cc(F)ccc1CC2. The highest BCUT2D eigenvalue weighted by atomic mass is 19.1. The lowest BCUT2D eigenvalue weighted by Crippen LogP contribution is -2.08. The minimum atomic E-state index is -0.491. The minimum absolute atomic E-state index is 0.247. The maximum Gasteiger partial charge on any atom is 0.337 e. The van der Waals surface area contributed by atoms with Gasteiger partial charge in [0.25, 0.3) is 0 Å². The Balaban J connectivity index is 2.14. The monoisotopic (exact) mass is 284 g/mol. The zero-order valence-corrected chi connectivity index (χ0v) is 11.5. The number of carbonyl (C=O) groups excluding carboxylic acids is 2. The van der Waals surface area contributed by atoms with Crippen LogP contribution in [0.3, 0.4) is 0 Å². The van der Waals surface area contributed by atoms with Crippen molar-refractivity contribution in [1.82, 2.24) is 0 Å². The first-order chi connectivity index (χ1) is 10.1. The Bertz CT molecular complexity index is 750. The molecule has 0 saturated heterocycles. The Morgan fingerprint density at radius 3 is 2.33 bits per heavy atom. The molecule has 4 heteroatoms. The first-order valence-corrected chi connectivity index (χ1v) is 6.64. The van der Waals surface area contributed by atoms with Crippen molar-refractivity contribution in [3.05, 3.63) is 70.0 Å². The molecule has 0 bridgehead atoms. The van der Waals surface area contributed by atoms with Crippen LogP contribution in [0, 0.1) is 5.82 Å². The highest BCUT2D eigenvalue weighted by molar-refractivity contribution is 6.12. The topological polar surface area (TPSA) is 43.4 Å². The standard InChI is InChI=1S/C17H13FO3/c1-21-17(20)12-5-4-10-2-3-11-6-7-13(18)9-15(11)16(19)14(10)8-12/h4-9H,2-3H2,1H3. The lowest BCUT2D eigenvalue weighted by atomic mass is 9.97. The molecule has 21 heavy (non-hydrogen) atoms. The van der Waals surface area contributed by atoms with Gasteiger partial charge in [0.1, 0.15) is 5.82 Å². The summed E-state index contributed by atoms with van der Waals surface area (Å²) >= 11 is 0. The summed E-state index contributed by atoms with van der Waals surface area (Å²) in [4.78, 5) is 24.2. The van der Waals surface area contributed by atoms with Gasteiger partial charge in [0.05, 0.1) is 12.7 Å². The van der Waals surface area contributed by atoms with Crippen LogP contribution in [0.25, 0.3) is 0 Å². The Morgan fingerprint density at radius 1 is 1.05 bits per heavy atom. The van der Waals surface area contributed by atoms with Crippen LogP contribution in [-0.2, 0) is 17.6 Å². The average molecular weight is 284 g/mol. The molecule has 3 rings (SSSR count). The van der Waals surface area contributed by atoms with Gasteiger partial charge in [-0.3, -0.25) is 4.79 Å². The number of ketones is 1. The van der Waals surface area contributed by atoms with E-state index in [1.165, 1.54) is 25.3 Å². The van der Waals surface area contributed by atoms with E-state index in [0.29, 0.717) is 29.5 Å². The molecule has 2 aromatic carbocycles. The summed E-state index contributed by atoms with van der Waals surface area (Å²) in [7, 11) is 1.29. The van der Waals surface area contributed by atoms with Crippen molar-refractivity contribution >= 4 is 11.8 Å². The third kappa shape index (κ3) is 2.33. The molecule has 0 aliphatic heterocycles. The van der Waals surface area contributed by atoms with Crippen LogP contribution in [0.1, 0.15) is 37.4 Å². The van der Waals surface area contributed by atoms with Gasteiger partial charge in [0.15, 0.2) is 5.78 Å². The van der Waals surface area contributed by atoms with Crippen molar-refractivity contribution in [3.8, 4) is 0 Å². The lowest BCUT2D eigenvalue weighted by Gasteiger charge is -2.07. The van der Waals surface area contributed by atoms with E-state index >= 15 is 0 Å². The maximum absolute atomic E-state index is 13.4. The fourth-order valence-electron chi connectivity index (χ4n) is 2.64. The van der Waals surface area contributed by atoms with Crippen molar-refractivity contribution in [1.29, 1.82) is 0 Å². The Kier molecular flexibility index (Phi) is 3.29. The minimum Gasteiger partial charge on any atom is -0.465 e. The molecule has 0 saturated carbocycles. The summed E-state index contributed by atoms with van der Waals surface area (Å²) in [5, 5.41) is 0. The number of esters is 1. The summed E-state index contributed by atoms with van der Waals surface area (Å²) in [5.41, 5.74) is 2.84. The number of fused-ring (bicyclic) bond motifs is 2. The van der Waals surface area contributed by atoms with Crippen LogP contribution in [0.2, 0.25) is 0 Å². The number of halogens is 1. The number of benzene rings is 2. The highest BCUT2D eigenvalue weighted by Crippen LogP contribution is 2.26. The van der Waals surface area contributed by atoms with Crippen molar-refractivity contribution in [2.45, 2.75) is 12.8 Å². The zero-order valence-electron chi connectivity index (χ0n) is 11.5. The van der Waals surface area contributed by atoms with Gasteiger partial charge in [0.2, 0.25) is 0 Å². The Hall–Kier alpha value is -2.49. The van der Waals surface area contributed by atoms with Crippen molar-refractivity contribution in [2.24, 2.45) is 0 Å². The summed E-state index contributed by atoms with van der Waals surface area (Å²) in [5.74, 6) is -1.17. The van der Waals surface area contributed by atoms with Crippen molar-refractivity contribution in [3.63, 3.8) is 0 Å². The molecule has 0 fully saturated rings. The fourth-order valence-corrected chi connectivity index (χ4v) is 2.64. The third-order valence-corrected chi connectivity index (χ3v) is 3.76. The van der Waals surface area contributed by atoms with Crippen LogP contribution in [0.15, 0.2) is 36.4 Å². The molecule has 0 spiro atoms. The van der Waals surface area contributed by atoms with Crippen LogP contribution in [-0.4, -0.2) is 18.9 Å². The number of hydrogen-bond donors (Lipinski definition) is 0. The van der Waals surface area contributed by atoms with E-state index < -0.39 is 11.8 Å². The first kappa shape index (κ1) is 13.5. The van der Waals surface area contributed by atoms with Gasteiger partial charge in [-0.25, -0.2) is 9.18 Å². The molecular weight excluding hydrogens is 271 g/mol. The van der Waals surface area contributed by atoms with Crippen LogP contribution in [0.5, 0.6) is 0 Å². The van der Waals surface area contributed by atoms with Gasteiger partial charge < -0.3 is 4.74 Å². The fraction of sp³-hybridized carbons (Fsp3) is 0.176.